The van der Waals surface area contributed by atoms with Gasteiger partial charge in [-0.2, -0.15) is 5.26 Å². The lowest BCUT2D eigenvalue weighted by Crippen LogP contribution is -2.24. The predicted octanol–water partition coefficient (Wildman–Crippen LogP) is 1.71. The number of aromatic nitrogens is 2. The van der Waals surface area contributed by atoms with Crippen molar-refractivity contribution in [1.29, 1.82) is 5.26 Å². The first-order chi connectivity index (χ1) is 6.79. The molecule has 1 aromatic rings. The van der Waals surface area contributed by atoms with E-state index in [1.54, 1.807) is 12.5 Å². The van der Waals surface area contributed by atoms with E-state index < -0.39 is 0 Å². The van der Waals surface area contributed by atoms with Gasteiger partial charge in [0.2, 0.25) is 0 Å². The number of rotatable bonds is 5. The van der Waals surface area contributed by atoms with Gasteiger partial charge in [0.05, 0.1) is 24.3 Å². The maximum absolute atomic E-state index is 9.03. The summed E-state index contributed by atoms with van der Waals surface area (Å²) in [5.41, 5.74) is 0.867. The lowest BCUT2D eigenvalue weighted by atomic mass is 10.2. The fourth-order valence-electron chi connectivity index (χ4n) is 1.36. The minimum Gasteiger partial charge on any atom is -0.346 e. The van der Waals surface area contributed by atoms with Gasteiger partial charge in [0.1, 0.15) is 6.04 Å². The van der Waals surface area contributed by atoms with Crippen molar-refractivity contribution in [2.75, 3.05) is 13.6 Å². The third kappa shape index (κ3) is 2.57. The number of imidazole rings is 1. The van der Waals surface area contributed by atoms with Crippen LogP contribution in [-0.2, 0) is 0 Å². The number of nitriles is 1. The number of hydrogen-bond acceptors (Lipinski definition) is 3. The molecule has 1 N–H and O–H groups in total. The number of H-pyrrole nitrogens is 1. The quantitative estimate of drug-likeness (QED) is 0.772. The van der Waals surface area contributed by atoms with Gasteiger partial charge in [0.15, 0.2) is 0 Å². The van der Waals surface area contributed by atoms with Crippen LogP contribution in [0.2, 0.25) is 0 Å². The SMILES string of the molecule is CCCCN(C)C(C#N)c1cnc[nH]1. The smallest absolute Gasteiger partial charge is 0.140 e. The van der Waals surface area contributed by atoms with Crippen LogP contribution in [0.3, 0.4) is 0 Å². The van der Waals surface area contributed by atoms with Gasteiger partial charge in [-0.25, -0.2) is 4.98 Å². The number of hydrogen-bond donors (Lipinski definition) is 1. The molecule has 1 aromatic heterocycles. The van der Waals surface area contributed by atoms with Gasteiger partial charge in [-0.05, 0) is 20.0 Å². The fourth-order valence-corrected chi connectivity index (χ4v) is 1.36. The van der Waals surface area contributed by atoms with Crippen LogP contribution in [0, 0.1) is 11.3 Å². The van der Waals surface area contributed by atoms with Crippen LogP contribution in [0.25, 0.3) is 0 Å². The van der Waals surface area contributed by atoms with E-state index in [-0.39, 0.29) is 6.04 Å². The summed E-state index contributed by atoms with van der Waals surface area (Å²) >= 11 is 0. The Morgan fingerprint density at radius 3 is 3.00 bits per heavy atom. The minimum atomic E-state index is -0.205. The molecule has 0 aliphatic rings. The van der Waals surface area contributed by atoms with Crippen LogP contribution in [0.15, 0.2) is 12.5 Å². The van der Waals surface area contributed by atoms with Crippen molar-refractivity contribution in [1.82, 2.24) is 14.9 Å². The lowest BCUT2D eigenvalue weighted by Gasteiger charge is -2.20. The molecule has 0 spiro atoms. The Bertz CT molecular complexity index is 286. The molecule has 1 atom stereocenters. The zero-order valence-electron chi connectivity index (χ0n) is 8.70. The standard InChI is InChI=1S/C10H16N4/c1-3-4-5-14(2)10(6-11)9-7-12-8-13-9/h7-8,10H,3-5H2,1-2H3,(H,12,13). The second-order valence-electron chi connectivity index (χ2n) is 3.37. The number of nitrogens with zero attached hydrogens (tertiary/aromatic N) is 3. The molecule has 4 heteroatoms. The average molecular weight is 192 g/mol. The van der Waals surface area contributed by atoms with Crippen LogP contribution in [0.1, 0.15) is 31.5 Å². The predicted molar refractivity (Wildman–Crippen MR) is 54.5 cm³/mol. The summed E-state index contributed by atoms with van der Waals surface area (Å²) in [7, 11) is 1.96. The molecule has 1 unspecified atom stereocenters. The van der Waals surface area contributed by atoms with Gasteiger partial charge in [-0.1, -0.05) is 13.3 Å². The molecule has 1 heterocycles. The highest BCUT2D eigenvalue weighted by molar-refractivity contribution is 5.11. The first-order valence-electron chi connectivity index (χ1n) is 4.87. The normalized spacial score (nSPS) is 12.7. The van der Waals surface area contributed by atoms with E-state index in [9.17, 15) is 0 Å². The van der Waals surface area contributed by atoms with E-state index in [1.807, 2.05) is 11.9 Å². The van der Waals surface area contributed by atoms with E-state index in [0.717, 1.165) is 25.1 Å². The molecular formula is C10H16N4. The molecule has 14 heavy (non-hydrogen) atoms. The summed E-state index contributed by atoms with van der Waals surface area (Å²) in [6, 6.07) is 2.06. The molecule has 76 valence electrons. The summed E-state index contributed by atoms with van der Waals surface area (Å²) in [4.78, 5) is 8.93. The summed E-state index contributed by atoms with van der Waals surface area (Å²) in [5, 5.41) is 9.03. The molecule has 1 rings (SSSR count). The van der Waals surface area contributed by atoms with Crippen molar-refractivity contribution in [3.8, 4) is 6.07 Å². The number of aromatic amines is 1. The van der Waals surface area contributed by atoms with Crippen LogP contribution >= 0.6 is 0 Å². The van der Waals surface area contributed by atoms with E-state index in [2.05, 4.69) is 23.0 Å². The molecular weight excluding hydrogens is 176 g/mol. The fraction of sp³-hybridized carbons (Fsp3) is 0.600. The van der Waals surface area contributed by atoms with Crippen molar-refractivity contribution in [3.63, 3.8) is 0 Å². The molecule has 0 saturated heterocycles. The van der Waals surface area contributed by atoms with E-state index in [1.165, 1.54) is 0 Å². The topological polar surface area (TPSA) is 55.7 Å². The zero-order chi connectivity index (χ0) is 10.4. The van der Waals surface area contributed by atoms with Gasteiger partial charge < -0.3 is 4.98 Å². The van der Waals surface area contributed by atoms with Crippen molar-refractivity contribution in [2.45, 2.75) is 25.8 Å². The molecule has 0 radical (unpaired) electrons. The van der Waals surface area contributed by atoms with Crippen molar-refractivity contribution in [2.24, 2.45) is 0 Å². The maximum Gasteiger partial charge on any atom is 0.140 e. The highest BCUT2D eigenvalue weighted by atomic mass is 15.1. The molecule has 0 aliphatic carbocycles. The Morgan fingerprint density at radius 1 is 1.71 bits per heavy atom. The molecule has 0 aliphatic heterocycles. The number of nitrogens with one attached hydrogen (secondary N) is 1. The first kappa shape index (κ1) is 10.7. The molecule has 0 amide bonds. The summed E-state index contributed by atoms with van der Waals surface area (Å²) < 4.78 is 0. The van der Waals surface area contributed by atoms with E-state index >= 15 is 0 Å². The van der Waals surface area contributed by atoms with Gasteiger partial charge in [-0.3, -0.25) is 4.90 Å². The Balaban J connectivity index is 2.59. The average Bonchev–Trinajstić information content (AvgIpc) is 2.69. The van der Waals surface area contributed by atoms with Gasteiger partial charge >= 0.3 is 0 Å². The highest BCUT2D eigenvalue weighted by Crippen LogP contribution is 2.15. The van der Waals surface area contributed by atoms with Crippen molar-refractivity contribution in [3.05, 3.63) is 18.2 Å². The van der Waals surface area contributed by atoms with Crippen LogP contribution < -0.4 is 0 Å². The Kier molecular flexibility index (Phi) is 4.14. The van der Waals surface area contributed by atoms with E-state index in [4.69, 9.17) is 5.26 Å². The molecule has 0 fully saturated rings. The van der Waals surface area contributed by atoms with Gasteiger partial charge in [0, 0.05) is 0 Å². The largest absolute Gasteiger partial charge is 0.346 e. The monoisotopic (exact) mass is 192 g/mol. The highest BCUT2D eigenvalue weighted by Gasteiger charge is 2.16. The summed E-state index contributed by atoms with van der Waals surface area (Å²) in [5.74, 6) is 0. The van der Waals surface area contributed by atoms with Crippen LogP contribution in [0.4, 0.5) is 0 Å². The van der Waals surface area contributed by atoms with E-state index in [0.29, 0.717) is 0 Å². The Hall–Kier alpha value is -1.34. The second-order valence-corrected chi connectivity index (χ2v) is 3.37. The summed E-state index contributed by atoms with van der Waals surface area (Å²) in [6.07, 6.45) is 5.57. The second kappa shape index (κ2) is 5.40. The Morgan fingerprint density at radius 2 is 2.50 bits per heavy atom. The molecule has 0 bridgehead atoms. The van der Waals surface area contributed by atoms with Gasteiger partial charge in [0.25, 0.3) is 0 Å². The number of unbranched alkanes of at least 4 members (excludes halogenated alkanes) is 1. The van der Waals surface area contributed by atoms with Crippen molar-refractivity contribution < 1.29 is 0 Å². The molecule has 0 aromatic carbocycles. The Labute approximate surface area is 84.6 Å². The van der Waals surface area contributed by atoms with Crippen molar-refractivity contribution >= 4 is 0 Å². The lowest BCUT2D eigenvalue weighted by molar-refractivity contribution is 0.283. The van der Waals surface area contributed by atoms with Gasteiger partial charge in [-0.15, -0.1) is 0 Å². The van der Waals surface area contributed by atoms with Crippen LogP contribution in [0.5, 0.6) is 0 Å². The zero-order valence-corrected chi connectivity index (χ0v) is 8.70. The minimum absolute atomic E-state index is 0.205. The first-order valence-corrected chi connectivity index (χ1v) is 4.87. The van der Waals surface area contributed by atoms with Crippen LogP contribution in [-0.4, -0.2) is 28.5 Å². The molecule has 4 nitrogen and oxygen atoms in total. The third-order valence-corrected chi connectivity index (χ3v) is 2.24. The maximum atomic E-state index is 9.03. The summed E-state index contributed by atoms with van der Waals surface area (Å²) in [6.45, 7) is 3.08. The molecule has 0 saturated carbocycles. The third-order valence-electron chi connectivity index (χ3n) is 2.24.